The van der Waals surface area contributed by atoms with Crippen molar-refractivity contribution in [3.8, 4) is 0 Å². The third-order valence-corrected chi connectivity index (χ3v) is 5.15. The lowest BCUT2D eigenvalue weighted by atomic mass is 10.0. The molecule has 2 atom stereocenters. The summed E-state index contributed by atoms with van der Waals surface area (Å²) in [7, 11) is 0. The number of hydrogen-bond donors (Lipinski definition) is 2. The Labute approximate surface area is 159 Å². The number of nitrogens with one attached hydrogen (secondary N) is 2. The minimum atomic E-state index is -0.389. The van der Waals surface area contributed by atoms with Crippen LogP contribution >= 0.6 is 0 Å². The van der Waals surface area contributed by atoms with Crippen molar-refractivity contribution in [2.75, 3.05) is 11.9 Å². The quantitative estimate of drug-likeness (QED) is 0.821. The molecule has 0 spiro atoms. The van der Waals surface area contributed by atoms with E-state index in [-0.39, 0.29) is 24.0 Å². The number of benzene rings is 2. The zero-order chi connectivity index (χ0) is 18.6. The number of carbonyl (C=O) groups excluding carboxylic acids is 2. The van der Waals surface area contributed by atoms with Gasteiger partial charge >= 0.3 is 0 Å². The van der Waals surface area contributed by atoms with Gasteiger partial charge in [-0.2, -0.15) is 0 Å². The lowest BCUT2D eigenvalue weighted by Crippen LogP contribution is -2.30. The Balaban J connectivity index is 1.44. The van der Waals surface area contributed by atoms with Crippen LogP contribution in [0.5, 0.6) is 0 Å². The van der Waals surface area contributed by atoms with Gasteiger partial charge in [-0.05, 0) is 55.4 Å². The summed E-state index contributed by atoms with van der Waals surface area (Å²) in [5, 5.41) is 6.03. The predicted molar refractivity (Wildman–Crippen MR) is 103 cm³/mol. The molecule has 5 nitrogen and oxygen atoms in total. The zero-order valence-electron chi connectivity index (χ0n) is 15.2. The van der Waals surface area contributed by atoms with E-state index in [0.29, 0.717) is 23.8 Å². The fourth-order valence-corrected chi connectivity index (χ4v) is 3.53. The van der Waals surface area contributed by atoms with Gasteiger partial charge in [0.25, 0.3) is 11.8 Å². The summed E-state index contributed by atoms with van der Waals surface area (Å²) in [4.78, 5) is 25.0. The van der Waals surface area contributed by atoms with Gasteiger partial charge in [-0.15, -0.1) is 0 Å². The van der Waals surface area contributed by atoms with E-state index in [0.717, 1.165) is 31.2 Å². The van der Waals surface area contributed by atoms with Crippen molar-refractivity contribution in [2.45, 2.75) is 37.8 Å². The van der Waals surface area contributed by atoms with Crippen LogP contribution in [0.2, 0.25) is 0 Å². The molecular weight excluding hydrogens is 340 g/mol. The molecule has 2 aliphatic rings. The van der Waals surface area contributed by atoms with Gasteiger partial charge < -0.3 is 15.4 Å². The number of carbonyl (C=O) groups is 2. The summed E-state index contributed by atoms with van der Waals surface area (Å²) in [5.41, 5.74) is 2.30. The van der Waals surface area contributed by atoms with Crippen LogP contribution < -0.4 is 10.6 Å². The highest BCUT2D eigenvalue weighted by Crippen LogP contribution is 2.41. The molecule has 1 saturated carbocycles. The second kappa shape index (κ2) is 7.92. The molecule has 5 heteroatoms. The first-order chi connectivity index (χ1) is 13.2. The number of anilines is 1. The monoisotopic (exact) mass is 364 g/mol. The minimum absolute atomic E-state index is 0.0313. The summed E-state index contributed by atoms with van der Waals surface area (Å²) in [5.74, 6) is 0.230. The van der Waals surface area contributed by atoms with Crippen molar-refractivity contribution < 1.29 is 14.3 Å². The van der Waals surface area contributed by atoms with E-state index >= 15 is 0 Å². The molecule has 27 heavy (non-hydrogen) atoms. The average Bonchev–Trinajstić information content (AvgIpc) is 3.39. The first kappa shape index (κ1) is 17.7. The molecule has 0 aromatic heterocycles. The van der Waals surface area contributed by atoms with Crippen LogP contribution in [-0.4, -0.2) is 24.5 Å². The van der Waals surface area contributed by atoms with Crippen LogP contribution in [0.25, 0.3) is 0 Å². The smallest absolute Gasteiger partial charge is 0.253 e. The van der Waals surface area contributed by atoms with E-state index in [1.54, 1.807) is 24.3 Å². The van der Waals surface area contributed by atoms with Crippen molar-refractivity contribution in [1.29, 1.82) is 0 Å². The van der Waals surface area contributed by atoms with E-state index in [4.69, 9.17) is 4.74 Å². The second-order valence-corrected chi connectivity index (χ2v) is 7.27. The first-order valence-electron chi connectivity index (χ1n) is 9.59. The van der Waals surface area contributed by atoms with E-state index in [2.05, 4.69) is 22.8 Å². The molecule has 1 aliphatic heterocycles. The highest BCUT2D eigenvalue weighted by Gasteiger charge is 2.33. The molecule has 1 aliphatic carbocycles. The van der Waals surface area contributed by atoms with Crippen molar-refractivity contribution in [3.63, 3.8) is 0 Å². The van der Waals surface area contributed by atoms with Crippen LogP contribution in [0, 0.1) is 5.92 Å². The first-order valence-corrected chi connectivity index (χ1v) is 9.59. The maximum Gasteiger partial charge on any atom is 0.253 e. The Hall–Kier alpha value is -2.66. The Morgan fingerprint density at radius 2 is 1.81 bits per heavy atom. The lowest BCUT2D eigenvalue weighted by Gasteiger charge is -2.19. The van der Waals surface area contributed by atoms with Gasteiger partial charge in [0, 0.05) is 17.9 Å². The second-order valence-electron chi connectivity index (χ2n) is 7.27. The Kier molecular flexibility index (Phi) is 5.21. The molecule has 2 aromatic carbocycles. The maximum absolute atomic E-state index is 12.8. The molecule has 140 valence electrons. The largest absolute Gasteiger partial charge is 0.368 e. The van der Waals surface area contributed by atoms with Crippen molar-refractivity contribution >= 4 is 17.5 Å². The molecule has 1 heterocycles. The van der Waals surface area contributed by atoms with Gasteiger partial charge in [-0.25, -0.2) is 0 Å². The van der Waals surface area contributed by atoms with E-state index < -0.39 is 0 Å². The van der Waals surface area contributed by atoms with Gasteiger partial charge in [0.2, 0.25) is 0 Å². The van der Waals surface area contributed by atoms with Crippen LogP contribution in [0.4, 0.5) is 5.69 Å². The molecule has 4 rings (SSSR count). The van der Waals surface area contributed by atoms with Gasteiger partial charge in [-0.1, -0.05) is 36.4 Å². The molecule has 0 bridgehead atoms. The highest BCUT2D eigenvalue weighted by atomic mass is 16.5. The van der Waals surface area contributed by atoms with Crippen molar-refractivity contribution in [1.82, 2.24) is 5.32 Å². The standard InChI is InChI=1S/C22H24N2O3/c25-21(24-20(16-11-12-16)15-6-2-1-3-7-15)17-8-4-9-18(14-17)23-22(26)19-10-5-13-27-19/h1-4,6-9,14,16,19-20H,5,10-13H2,(H,23,26)(H,24,25)/t19-,20-/m1/s1. The molecular formula is C22H24N2O3. The summed E-state index contributed by atoms with van der Waals surface area (Å²) in [6, 6.07) is 17.2. The summed E-state index contributed by atoms with van der Waals surface area (Å²) in [6.45, 7) is 0.628. The molecule has 2 N–H and O–H groups in total. The molecule has 0 radical (unpaired) electrons. The normalized spacial score (nSPS) is 20.1. The fraction of sp³-hybridized carbons (Fsp3) is 0.364. The van der Waals surface area contributed by atoms with E-state index in [9.17, 15) is 9.59 Å². The zero-order valence-corrected chi connectivity index (χ0v) is 15.2. The SMILES string of the molecule is O=C(N[C@H](c1ccccc1)C1CC1)c1cccc(NC(=O)[C@H]2CCCO2)c1. The number of rotatable bonds is 6. The summed E-state index contributed by atoms with van der Waals surface area (Å²) >= 11 is 0. The van der Waals surface area contributed by atoms with Crippen LogP contribution in [-0.2, 0) is 9.53 Å². The third kappa shape index (κ3) is 4.37. The topological polar surface area (TPSA) is 67.4 Å². The van der Waals surface area contributed by atoms with Crippen LogP contribution in [0.15, 0.2) is 54.6 Å². The maximum atomic E-state index is 12.8. The molecule has 2 fully saturated rings. The van der Waals surface area contributed by atoms with E-state index in [1.165, 1.54) is 0 Å². The van der Waals surface area contributed by atoms with Crippen LogP contribution in [0.1, 0.15) is 47.6 Å². The lowest BCUT2D eigenvalue weighted by molar-refractivity contribution is -0.124. The van der Waals surface area contributed by atoms with Gasteiger partial charge in [0.05, 0.1) is 6.04 Å². The Morgan fingerprint density at radius 1 is 1.00 bits per heavy atom. The van der Waals surface area contributed by atoms with Gasteiger partial charge in [-0.3, -0.25) is 9.59 Å². The summed E-state index contributed by atoms with van der Waals surface area (Å²) < 4.78 is 5.41. The van der Waals surface area contributed by atoms with Crippen molar-refractivity contribution in [2.24, 2.45) is 5.92 Å². The predicted octanol–water partition coefficient (Wildman–Crippen LogP) is 3.69. The van der Waals surface area contributed by atoms with Crippen LogP contribution in [0.3, 0.4) is 0 Å². The molecule has 0 unspecified atom stereocenters. The average molecular weight is 364 g/mol. The fourth-order valence-electron chi connectivity index (χ4n) is 3.53. The number of amides is 2. The molecule has 2 amide bonds. The Bertz CT molecular complexity index is 811. The van der Waals surface area contributed by atoms with Gasteiger partial charge in [0.15, 0.2) is 0 Å². The Morgan fingerprint density at radius 3 is 2.52 bits per heavy atom. The number of ether oxygens (including phenoxy) is 1. The summed E-state index contributed by atoms with van der Waals surface area (Å²) in [6.07, 6.45) is 3.53. The third-order valence-electron chi connectivity index (χ3n) is 5.15. The highest BCUT2D eigenvalue weighted by molar-refractivity contribution is 5.98. The van der Waals surface area contributed by atoms with E-state index in [1.807, 2.05) is 18.2 Å². The van der Waals surface area contributed by atoms with Crippen molar-refractivity contribution in [3.05, 3.63) is 65.7 Å². The molecule has 2 aromatic rings. The number of hydrogen-bond acceptors (Lipinski definition) is 3. The van der Waals surface area contributed by atoms with Gasteiger partial charge in [0.1, 0.15) is 6.10 Å². The minimum Gasteiger partial charge on any atom is -0.368 e. The molecule has 1 saturated heterocycles.